The van der Waals surface area contributed by atoms with Crippen molar-refractivity contribution in [2.45, 2.75) is 43.4 Å². The molecule has 0 spiro atoms. The number of hydrogen-bond acceptors (Lipinski definition) is 4. The fourth-order valence-electron chi connectivity index (χ4n) is 5.02. The van der Waals surface area contributed by atoms with Crippen LogP contribution in [0, 0.1) is 17.1 Å². The molecular formula is C23H18F4N4O. The fourth-order valence-corrected chi connectivity index (χ4v) is 5.02. The molecule has 164 valence electrons. The summed E-state index contributed by atoms with van der Waals surface area (Å²) in [6.45, 7) is 0. The van der Waals surface area contributed by atoms with Crippen molar-refractivity contribution in [3.05, 3.63) is 69.8 Å². The minimum absolute atomic E-state index is 0.0122. The van der Waals surface area contributed by atoms with Gasteiger partial charge in [0.2, 0.25) is 0 Å². The number of aromatic nitrogens is 3. The first-order valence-electron chi connectivity index (χ1n) is 10.2. The van der Waals surface area contributed by atoms with Crippen LogP contribution in [0.1, 0.15) is 64.4 Å². The van der Waals surface area contributed by atoms with Gasteiger partial charge in [-0.05, 0) is 47.2 Å². The van der Waals surface area contributed by atoms with Gasteiger partial charge in [-0.2, -0.15) is 10.4 Å². The topological polar surface area (TPSA) is 74.7 Å². The summed E-state index contributed by atoms with van der Waals surface area (Å²) >= 11 is 0. The molecule has 9 heteroatoms. The first-order valence-corrected chi connectivity index (χ1v) is 10.2. The van der Waals surface area contributed by atoms with E-state index < -0.39 is 36.4 Å². The van der Waals surface area contributed by atoms with Crippen LogP contribution in [0.4, 0.5) is 17.6 Å². The van der Waals surface area contributed by atoms with Crippen molar-refractivity contribution in [2.75, 3.05) is 0 Å². The molecule has 3 aromatic rings. The van der Waals surface area contributed by atoms with E-state index >= 15 is 0 Å². The van der Waals surface area contributed by atoms with E-state index in [9.17, 15) is 27.9 Å². The zero-order valence-corrected chi connectivity index (χ0v) is 17.0. The van der Waals surface area contributed by atoms with Gasteiger partial charge in [-0.25, -0.2) is 22.5 Å². The number of rotatable bonds is 2. The molecule has 2 aromatic carbocycles. The molecule has 0 bridgehead atoms. The number of halogens is 4. The van der Waals surface area contributed by atoms with Crippen molar-refractivity contribution >= 4 is 0 Å². The van der Waals surface area contributed by atoms with Crippen LogP contribution in [0.5, 0.6) is 0 Å². The van der Waals surface area contributed by atoms with Crippen LogP contribution >= 0.6 is 0 Å². The molecule has 0 saturated carbocycles. The van der Waals surface area contributed by atoms with Crippen molar-refractivity contribution in [3.8, 4) is 17.5 Å². The molecule has 0 amide bonds. The Balaban J connectivity index is 1.74. The van der Waals surface area contributed by atoms with Crippen LogP contribution in [0.2, 0.25) is 0 Å². The lowest BCUT2D eigenvalue weighted by Gasteiger charge is -2.30. The van der Waals surface area contributed by atoms with Crippen LogP contribution in [-0.4, -0.2) is 25.8 Å². The Morgan fingerprint density at radius 2 is 1.97 bits per heavy atom. The van der Waals surface area contributed by atoms with Crippen molar-refractivity contribution in [2.24, 2.45) is 7.05 Å². The summed E-state index contributed by atoms with van der Waals surface area (Å²) in [5.74, 6) is -4.48. The summed E-state index contributed by atoms with van der Waals surface area (Å²) in [6, 6.07) is 7.26. The molecule has 0 radical (unpaired) electrons. The van der Waals surface area contributed by atoms with Gasteiger partial charge >= 0.3 is 0 Å². The molecular weight excluding hydrogens is 424 g/mol. The third-order valence-electron chi connectivity index (χ3n) is 6.39. The summed E-state index contributed by atoms with van der Waals surface area (Å²) in [6.07, 6.45) is -2.42. The highest BCUT2D eigenvalue weighted by Gasteiger charge is 2.50. The number of benzene rings is 2. The van der Waals surface area contributed by atoms with Gasteiger partial charge < -0.3 is 5.11 Å². The SMILES string of the molecule is Cn1cnc(-c2ccc(C3CCC(F)c4cc(F)cc(C#N)c43)c3c2C(O)C(F)(F)C3)n1. The van der Waals surface area contributed by atoms with Crippen LogP contribution in [0.25, 0.3) is 11.4 Å². The Morgan fingerprint density at radius 1 is 1.19 bits per heavy atom. The van der Waals surface area contributed by atoms with Gasteiger partial charge in [-0.1, -0.05) is 12.1 Å². The molecule has 2 aliphatic carbocycles. The Labute approximate surface area is 180 Å². The molecule has 1 heterocycles. The number of nitriles is 1. The second-order valence-corrected chi connectivity index (χ2v) is 8.34. The third-order valence-corrected chi connectivity index (χ3v) is 6.39. The number of fused-ring (bicyclic) bond motifs is 2. The normalized spacial score (nSPS) is 23.5. The molecule has 1 N–H and O–H groups in total. The maximum atomic E-state index is 14.7. The molecule has 32 heavy (non-hydrogen) atoms. The summed E-state index contributed by atoms with van der Waals surface area (Å²) in [4.78, 5) is 4.13. The maximum Gasteiger partial charge on any atom is 0.281 e. The van der Waals surface area contributed by atoms with Gasteiger partial charge in [0, 0.05) is 30.5 Å². The van der Waals surface area contributed by atoms with E-state index in [4.69, 9.17) is 0 Å². The summed E-state index contributed by atoms with van der Waals surface area (Å²) < 4.78 is 59.4. The molecule has 3 atom stereocenters. The van der Waals surface area contributed by atoms with Crippen molar-refractivity contribution in [1.82, 2.24) is 14.8 Å². The van der Waals surface area contributed by atoms with E-state index in [1.54, 1.807) is 19.2 Å². The summed E-state index contributed by atoms with van der Waals surface area (Å²) in [7, 11) is 1.64. The fraction of sp³-hybridized carbons (Fsp3) is 0.348. The number of nitrogens with zero attached hydrogens (tertiary/aromatic N) is 4. The molecule has 0 fully saturated rings. The average molecular weight is 442 g/mol. The van der Waals surface area contributed by atoms with Crippen LogP contribution in [0.3, 0.4) is 0 Å². The Hall–Kier alpha value is -3.25. The van der Waals surface area contributed by atoms with Gasteiger partial charge in [-0.15, -0.1) is 0 Å². The predicted molar refractivity (Wildman–Crippen MR) is 106 cm³/mol. The lowest BCUT2D eigenvalue weighted by molar-refractivity contribution is -0.0966. The Kier molecular flexibility index (Phi) is 4.60. The predicted octanol–water partition coefficient (Wildman–Crippen LogP) is 4.65. The second-order valence-electron chi connectivity index (χ2n) is 8.34. The zero-order chi connectivity index (χ0) is 22.8. The van der Waals surface area contributed by atoms with E-state index in [1.807, 2.05) is 6.07 Å². The van der Waals surface area contributed by atoms with E-state index in [-0.39, 0.29) is 40.9 Å². The second kappa shape index (κ2) is 7.14. The number of aliphatic hydroxyl groups is 1. The standard InChI is InChI=1S/C23H18F4N4O/c1-31-10-29-22(30-31)15-3-2-13(17-8-23(26,27)21(32)20(15)17)14-4-5-18(25)16-7-12(24)6-11(9-28)19(14)16/h2-3,6-7,10,14,18,21,32H,4-5,8H2,1H3. The summed E-state index contributed by atoms with van der Waals surface area (Å²) in [5.41, 5.74) is 1.45. The Bertz CT molecular complexity index is 1280. The highest BCUT2D eigenvalue weighted by molar-refractivity contribution is 5.68. The number of aliphatic hydroxyl groups excluding tert-OH is 1. The van der Waals surface area contributed by atoms with E-state index in [0.29, 0.717) is 16.7 Å². The van der Waals surface area contributed by atoms with E-state index in [1.165, 1.54) is 11.0 Å². The molecule has 3 unspecified atom stereocenters. The lowest BCUT2D eigenvalue weighted by atomic mass is 9.74. The van der Waals surface area contributed by atoms with Gasteiger partial charge in [-0.3, -0.25) is 4.68 Å². The molecule has 1 aromatic heterocycles. The lowest BCUT2D eigenvalue weighted by Crippen LogP contribution is -2.22. The van der Waals surface area contributed by atoms with E-state index in [2.05, 4.69) is 10.1 Å². The van der Waals surface area contributed by atoms with Gasteiger partial charge in [0.15, 0.2) is 5.82 Å². The monoisotopic (exact) mass is 442 g/mol. The minimum atomic E-state index is -3.40. The minimum Gasteiger partial charge on any atom is -0.382 e. The largest absolute Gasteiger partial charge is 0.382 e. The smallest absolute Gasteiger partial charge is 0.281 e. The first-order chi connectivity index (χ1) is 15.2. The van der Waals surface area contributed by atoms with Crippen LogP contribution in [0.15, 0.2) is 30.6 Å². The van der Waals surface area contributed by atoms with Crippen molar-refractivity contribution < 1.29 is 22.7 Å². The maximum absolute atomic E-state index is 14.7. The highest BCUT2D eigenvalue weighted by atomic mass is 19.3. The molecule has 5 rings (SSSR count). The van der Waals surface area contributed by atoms with Gasteiger partial charge in [0.05, 0.1) is 11.6 Å². The summed E-state index contributed by atoms with van der Waals surface area (Å²) in [5, 5.41) is 24.2. The van der Waals surface area contributed by atoms with Gasteiger partial charge in [0.25, 0.3) is 5.92 Å². The number of alkyl halides is 3. The van der Waals surface area contributed by atoms with Gasteiger partial charge in [0.1, 0.15) is 24.4 Å². The number of hydrogen-bond donors (Lipinski definition) is 1. The zero-order valence-electron chi connectivity index (χ0n) is 17.0. The number of aryl methyl sites for hydroxylation is 1. The molecule has 2 aliphatic rings. The van der Waals surface area contributed by atoms with E-state index in [0.717, 1.165) is 12.1 Å². The Morgan fingerprint density at radius 3 is 2.66 bits per heavy atom. The third kappa shape index (κ3) is 3.01. The van der Waals surface area contributed by atoms with Crippen molar-refractivity contribution in [1.29, 1.82) is 5.26 Å². The van der Waals surface area contributed by atoms with Crippen LogP contribution < -0.4 is 0 Å². The average Bonchev–Trinajstić information content (AvgIpc) is 3.28. The quantitative estimate of drug-likeness (QED) is 0.586. The molecule has 5 nitrogen and oxygen atoms in total. The molecule has 0 aliphatic heterocycles. The van der Waals surface area contributed by atoms with Crippen molar-refractivity contribution in [3.63, 3.8) is 0 Å². The first kappa shape index (κ1) is 20.6. The molecule has 0 saturated heterocycles. The van der Waals surface area contributed by atoms with Crippen LogP contribution in [-0.2, 0) is 13.5 Å². The highest BCUT2D eigenvalue weighted by Crippen LogP contribution is 2.52.